The average molecular weight is 230 g/mol. The molecule has 1 rings (SSSR count). The van der Waals surface area contributed by atoms with Crippen molar-refractivity contribution >= 4 is 17.7 Å². The number of amides is 1. The molecule has 1 saturated heterocycles. The van der Waals surface area contributed by atoms with E-state index in [1.165, 1.54) is 12.8 Å². The Hall–Kier alpha value is -0.220. The van der Waals surface area contributed by atoms with Crippen LogP contribution in [0.1, 0.15) is 26.2 Å². The first-order valence-corrected chi connectivity index (χ1v) is 7.13. The number of thioether (sulfide) groups is 1. The summed E-state index contributed by atoms with van der Waals surface area (Å²) in [6.07, 6.45) is 5.64. The third-order valence-corrected chi connectivity index (χ3v) is 3.65. The third kappa shape index (κ3) is 4.89. The van der Waals surface area contributed by atoms with Gasteiger partial charge in [-0.15, -0.1) is 0 Å². The van der Waals surface area contributed by atoms with Crippen molar-refractivity contribution in [1.82, 2.24) is 10.6 Å². The highest BCUT2D eigenvalue weighted by atomic mass is 32.2. The highest BCUT2D eigenvalue weighted by Crippen LogP contribution is 2.08. The van der Waals surface area contributed by atoms with E-state index in [0.29, 0.717) is 6.04 Å². The van der Waals surface area contributed by atoms with Crippen molar-refractivity contribution in [2.45, 2.75) is 32.2 Å². The van der Waals surface area contributed by atoms with Crippen LogP contribution in [0.4, 0.5) is 0 Å². The fraction of sp³-hybridized carbons (Fsp3) is 0.909. The standard InChI is InChI=1S/C11H22N2OS/c1-9(8-15-2)11(14)13-7-5-10-4-3-6-12-10/h9-10,12H,3-8H2,1-2H3,(H,13,14)/t9?,10-/m1/s1. The van der Waals surface area contributed by atoms with Crippen LogP contribution in [0, 0.1) is 5.92 Å². The van der Waals surface area contributed by atoms with Crippen molar-refractivity contribution in [2.75, 3.05) is 25.1 Å². The fourth-order valence-corrected chi connectivity index (χ4v) is 2.52. The molecule has 2 atom stereocenters. The van der Waals surface area contributed by atoms with E-state index in [4.69, 9.17) is 0 Å². The van der Waals surface area contributed by atoms with Gasteiger partial charge in [0.2, 0.25) is 5.91 Å². The Balaban J connectivity index is 2.05. The summed E-state index contributed by atoms with van der Waals surface area (Å²) in [6.45, 7) is 3.94. The van der Waals surface area contributed by atoms with E-state index in [9.17, 15) is 4.79 Å². The van der Waals surface area contributed by atoms with Gasteiger partial charge in [-0.2, -0.15) is 11.8 Å². The lowest BCUT2D eigenvalue weighted by Crippen LogP contribution is -2.34. The molecular weight excluding hydrogens is 208 g/mol. The second kappa shape index (κ2) is 7.12. The Kier molecular flexibility index (Phi) is 6.10. The van der Waals surface area contributed by atoms with Gasteiger partial charge in [-0.25, -0.2) is 0 Å². The maximum Gasteiger partial charge on any atom is 0.223 e. The zero-order chi connectivity index (χ0) is 11.1. The molecule has 0 radical (unpaired) electrons. The quantitative estimate of drug-likeness (QED) is 0.721. The lowest BCUT2D eigenvalue weighted by atomic mass is 10.1. The minimum absolute atomic E-state index is 0.136. The van der Waals surface area contributed by atoms with Crippen LogP contribution in [0.2, 0.25) is 0 Å². The molecule has 0 bridgehead atoms. The van der Waals surface area contributed by atoms with Gasteiger partial charge in [-0.05, 0) is 32.1 Å². The molecule has 1 fully saturated rings. The van der Waals surface area contributed by atoms with Crippen molar-refractivity contribution in [3.05, 3.63) is 0 Å². The molecule has 0 aliphatic carbocycles. The van der Waals surface area contributed by atoms with Crippen LogP contribution in [0.5, 0.6) is 0 Å². The van der Waals surface area contributed by atoms with Crippen LogP contribution in [-0.2, 0) is 4.79 Å². The summed E-state index contributed by atoms with van der Waals surface area (Å²) < 4.78 is 0. The zero-order valence-electron chi connectivity index (χ0n) is 9.71. The highest BCUT2D eigenvalue weighted by molar-refractivity contribution is 7.98. The fourth-order valence-electron chi connectivity index (χ4n) is 1.87. The predicted octanol–water partition coefficient (Wildman–Crippen LogP) is 1.24. The molecule has 15 heavy (non-hydrogen) atoms. The van der Waals surface area contributed by atoms with Gasteiger partial charge in [-0.1, -0.05) is 6.92 Å². The van der Waals surface area contributed by atoms with E-state index >= 15 is 0 Å². The molecule has 3 nitrogen and oxygen atoms in total. The Morgan fingerprint density at radius 2 is 2.47 bits per heavy atom. The summed E-state index contributed by atoms with van der Waals surface area (Å²) in [6, 6.07) is 0.626. The van der Waals surface area contributed by atoms with Crippen LogP contribution >= 0.6 is 11.8 Å². The van der Waals surface area contributed by atoms with Gasteiger partial charge in [-0.3, -0.25) is 4.79 Å². The molecule has 1 amide bonds. The van der Waals surface area contributed by atoms with E-state index in [1.807, 2.05) is 13.2 Å². The molecule has 0 aromatic carbocycles. The Labute approximate surface area is 96.8 Å². The van der Waals surface area contributed by atoms with Gasteiger partial charge >= 0.3 is 0 Å². The van der Waals surface area contributed by atoms with E-state index in [2.05, 4.69) is 10.6 Å². The molecule has 88 valence electrons. The summed E-state index contributed by atoms with van der Waals surface area (Å²) in [7, 11) is 0. The maximum atomic E-state index is 11.6. The summed E-state index contributed by atoms with van der Waals surface area (Å²) in [5.74, 6) is 1.24. The van der Waals surface area contributed by atoms with Gasteiger partial charge in [0, 0.05) is 24.3 Å². The van der Waals surface area contributed by atoms with Crippen LogP contribution in [0.15, 0.2) is 0 Å². The van der Waals surface area contributed by atoms with Crippen LogP contribution < -0.4 is 10.6 Å². The van der Waals surface area contributed by atoms with Gasteiger partial charge in [0.15, 0.2) is 0 Å². The third-order valence-electron chi connectivity index (χ3n) is 2.82. The summed E-state index contributed by atoms with van der Waals surface area (Å²) >= 11 is 1.72. The molecular formula is C11H22N2OS. The largest absolute Gasteiger partial charge is 0.356 e. The van der Waals surface area contributed by atoms with E-state index in [0.717, 1.165) is 25.3 Å². The smallest absolute Gasteiger partial charge is 0.223 e. The summed E-state index contributed by atoms with van der Waals surface area (Å²) in [5, 5.41) is 6.43. The monoisotopic (exact) mass is 230 g/mol. The number of carbonyl (C=O) groups is 1. The minimum Gasteiger partial charge on any atom is -0.356 e. The Morgan fingerprint density at radius 1 is 1.67 bits per heavy atom. The van der Waals surface area contributed by atoms with E-state index < -0.39 is 0 Å². The van der Waals surface area contributed by atoms with Gasteiger partial charge in [0.25, 0.3) is 0 Å². The second-order valence-electron chi connectivity index (χ2n) is 4.23. The van der Waals surface area contributed by atoms with E-state index in [1.54, 1.807) is 11.8 Å². The van der Waals surface area contributed by atoms with Crippen LogP contribution in [-0.4, -0.2) is 37.0 Å². The summed E-state index contributed by atoms with van der Waals surface area (Å²) in [4.78, 5) is 11.6. The first-order chi connectivity index (χ1) is 7.24. The van der Waals surface area contributed by atoms with Crippen molar-refractivity contribution < 1.29 is 4.79 Å². The number of hydrogen-bond acceptors (Lipinski definition) is 3. The molecule has 0 saturated carbocycles. The molecule has 1 unspecified atom stereocenters. The number of carbonyl (C=O) groups excluding carboxylic acids is 1. The van der Waals surface area contributed by atoms with Crippen molar-refractivity contribution in [1.29, 1.82) is 0 Å². The van der Waals surface area contributed by atoms with Crippen LogP contribution in [0.25, 0.3) is 0 Å². The number of nitrogens with one attached hydrogen (secondary N) is 2. The average Bonchev–Trinajstić information content (AvgIpc) is 2.71. The molecule has 0 aromatic heterocycles. The second-order valence-corrected chi connectivity index (χ2v) is 5.14. The molecule has 2 N–H and O–H groups in total. The number of hydrogen-bond donors (Lipinski definition) is 2. The molecule has 1 aliphatic rings. The Morgan fingerprint density at radius 3 is 3.07 bits per heavy atom. The molecule has 1 aliphatic heterocycles. The highest BCUT2D eigenvalue weighted by Gasteiger charge is 2.15. The van der Waals surface area contributed by atoms with Gasteiger partial charge < -0.3 is 10.6 Å². The lowest BCUT2D eigenvalue weighted by molar-refractivity contribution is -0.123. The number of rotatable bonds is 6. The predicted molar refractivity (Wildman–Crippen MR) is 66.2 cm³/mol. The molecule has 0 spiro atoms. The molecule has 0 aromatic rings. The topological polar surface area (TPSA) is 41.1 Å². The van der Waals surface area contributed by atoms with Crippen molar-refractivity contribution in [3.8, 4) is 0 Å². The van der Waals surface area contributed by atoms with E-state index in [-0.39, 0.29) is 11.8 Å². The molecule has 4 heteroatoms. The molecule has 1 heterocycles. The van der Waals surface area contributed by atoms with Crippen molar-refractivity contribution in [3.63, 3.8) is 0 Å². The first kappa shape index (κ1) is 12.8. The maximum absolute atomic E-state index is 11.6. The first-order valence-electron chi connectivity index (χ1n) is 5.74. The minimum atomic E-state index is 0.136. The zero-order valence-corrected chi connectivity index (χ0v) is 10.5. The van der Waals surface area contributed by atoms with Gasteiger partial charge in [0.05, 0.1) is 0 Å². The van der Waals surface area contributed by atoms with Gasteiger partial charge in [0.1, 0.15) is 0 Å². The lowest BCUT2D eigenvalue weighted by Gasteiger charge is -2.13. The summed E-state index contributed by atoms with van der Waals surface area (Å²) in [5.41, 5.74) is 0. The van der Waals surface area contributed by atoms with Crippen molar-refractivity contribution in [2.24, 2.45) is 5.92 Å². The van der Waals surface area contributed by atoms with Crippen LogP contribution in [0.3, 0.4) is 0 Å². The SMILES string of the molecule is CSCC(C)C(=O)NCC[C@H]1CCCN1. The normalized spacial score (nSPS) is 22.7. The Bertz CT molecular complexity index is 193.